The average Bonchev–Trinajstić information content (AvgIpc) is 2.83. The third-order valence-corrected chi connectivity index (χ3v) is 4.04. The third kappa shape index (κ3) is 4.32. The van der Waals surface area contributed by atoms with Gasteiger partial charge in [0.1, 0.15) is 5.82 Å². The normalized spacial score (nSPS) is 21.2. The van der Waals surface area contributed by atoms with Crippen LogP contribution in [-0.2, 0) is 6.54 Å². The summed E-state index contributed by atoms with van der Waals surface area (Å²) in [6.45, 7) is 1.78. The fraction of sp³-hybridized carbons (Fsp3) is 0.533. The molecule has 0 radical (unpaired) electrons. The lowest BCUT2D eigenvalue weighted by Crippen LogP contribution is -2.44. The maximum absolute atomic E-state index is 13.3. The van der Waals surface area contributed by atoms with Gasteiger partial charge in [-0.15, -0.1) is 24.8 Å². The topological polar surface area (TPSA) is 50.1 Å². The summed E-state index contributed by atoms with van der Waals surface area (Å²) in [6, 6.07) is 4.85. The van der Waals surface area contributed by atoms with Crippen LogP contribution in [0.2, 0.25) is 0 Å². The van der Waals surface area contributed by atoms with Gasteiger partial charge in [0.2, 0.25) is 0 Å². The minimum absolute atomic E-state index is 0. The van der Waals surface area contributed by atoms with E-state index >= 15 is 0 Å². The molecule has 4 nitrogen and oxygen atoms in total. The number of aliphatic hydroxyl groups excluding tert-OH is 1. The van der Waals surface area contributed by atoms with Crippen LogP contribution in [0, 0.1) is 5.82 Å². The number of nitrogens with one attached hydrogen (secondary N) is 1. The lowest BCUT2D eigenvalue weighted by molar-refractivity contribution is 0.0909. The zero-order chi connectivity index (χ0) is 13.9. The number of rotatable bonds is 4. The minimum atomic E-state index is -0.235. The van der Waals surface area contributed by atoms with E-state index in [1.807, 2.05) is 4.57 Å². The van der Waals surface area contributed by atoms with Crippen molar-refractivity contribution in [2.24, 2.45) is 0 Å². The number of piperidine rings is 1. The van der Waals surface area contributed by atoms with E-state index in [-0.39, 0.29) is 42.8 Å². The maximum atomic E-state index is 13.3. The number of hydrogen-bond acceptors (Lipinski definition) is 3. The van der Waals surface area contributed by atoms with Crippen molar-refractivity contribution in [3.8, 4) is 0 Å². The molecule has 7 heteroatoms. The highest BCUT2D eigenvalue weighted by Crippen LogP contribution is 2.17. The van der Waals surface area contributed by atoms with Gasteiger partial charge >= 0.3 is 0 Å². The molecule has 1 aromatic heterocycles. The first kappa shape index (κ1) is 19.2. The zero-order valence-corrected chi connectivity index (χ0v) is 13.9. The molecule has 3 rings (SSSR count). The summed E-state index contributed by atoms with van der Waals surface area (Å²) < 4.78 is 15.3. The summed E-state index contributed by atoms with van der Waals surface area (Å²) in [5.41, 5.74) is 1.66. The molecular formula is C15H22Cl2FN3O. The molecule has 2 atom stereocenters. The fourth-order valence-electron chi connectivity index (χ4n) is 2.92. The highest BCUT2D eigenvalue weighted by atomic mass is 35.5. The summed E-state index contributed by atoms with van der Waals surface area (Å²) in [7, 11) is 0. The van der Waals surface area contributed by atoms with Crippen LogP contribution in [0.15, 0.2) is 24.5 Å². The maximum Gasteiger partial charge on any atom is 0.125 e. The molecule has 0 spiro atoms. The predicted octanol–water partition coefficient (Wildman–Crippen LogP) is 2.91. The monoisotopic (exact) mass is 349 g/mol. The molecule has 2 aromatic rings. The van der Waals surface area contributed by atoms with E-state index in [4.69, 9.17) is 0 Å². The van der Waals surface area contributed by atoms with E-state index in [1.54, 1.807) is 12.4 Å². The van der Waals surface area contributed by atoms with Crippen molar-refractivity contribution in [2.45, 2.75) is 44.4 Å². The molecule has 0 bridgehead atoms. The first-order valence-corrected chi connectivity index (χ1v) is 7.26. The Morgan fingerprint density at radius 1 is 1.36 bits per heavy atom. The van der Waals surface area contributed by atoms with Crippen LogP contribution in [-0.4, -0.2) is 33.3 Å². The molecule has 2 N–H and O–H groups in total. The van der Waals surface area contributed by atoms with Crippen LogP contribution >= 0.6 is 24.8 Å². The number of aliphatic hydroxyl groups is 1. The Bertz CT molecular complexity index is 593. The Morgan fingerprint density at radius 2 is 2.18 bits per heavy atom. The molecule has 0 aliphatic carbocycles. The van der Waals surface area contributed by atoms with Crippen LogP contribution in [0.5, 0.6) is 0 Å². The van der Waals surface area contributed by atoms with Crippen molar-refractivity contribution in [1.29, 1.82) is 0 Å². The van der Waals surface area contributed by atoms with Gasteiger partial charge in [-0.05, 0) is 50.4 Å². The summed E-state index contributed by atoms with van der Waals surface area (Å²) in [5, 5.41) is 13.3. The van der Waals surface area contributed by atoms with E-state index in [0.29, 0.717) is 0 Å². The summed E-state index contributed by atoms with van der Waals surface area (Å²) >= 11 is 0. The Labute approximate surface area is 141 Å². The predicted molar refractivity (Wildman–Crippen MR) is 90.5 cm³/mol. The standard InChI is InChI=1S/C15H20FN3O.2ClH/c16-11-5-6-12-14(9-11)19(10-18-12)8-2-3-13-15(20)4-1-7-17-13;;/h5-6,9-10,13,15,17,20H,1-4,7-8H2;2*1H/t13-,15+;;/m1../s1. The second-order valence-corrected chi connectivity index (χ2v) is 5.48. The number of halogens is 3. The van der Waals surface area contributed by atoms with E-state index in [0.717, 1.165) is 49.8 Å². The van der Waals surface area contributed by atoms with Crippen LogP contribution in [0.3, 0.4) is 0 Å². The molecular weight excluding hydrogens is 328 g/mol. The van der Waals surface area contributed by atoms with Gasteiger partial charge in [-0.3, -0.25) is 0 Å². The lowest BCUT2D eigenvalue weighted by atomic mass is 9.97. The van der Waals surface area contributed by atoms with E-state index in [1.165, 1.54) is 12.1 Å². The molecule has 1 saturated heterocycles. The molecule has 0 saturated carbocycles. The van der Waals surface area contributed by atoms with E-state index in [2.05, 4.69) is 10.3 Å². The molecule has 2 heterocycles. The quantitative estimate of drug-likeness (QED) is 0.892. The lowest BCUT2D eigenvalue weighted by Gasteiger charge is -2.29. The summed E-state index contributed by atoms with van der Waals surface area (Å²) in [5.74, 6) is -0.233. The molecule has 0 amide bonds. The molecule has 1 fully saturated rings. The van der Waals surface area contributed by atoms with Crippen LogP contribution < -0.4 is 5.32 Å². The largest absolute Gasteiger partial charge is 0.392 e. The Morgan fingerprint density at radius 3 is 2.95 bits per heavy atom. The Hall–Kier alpha value is -0.880. The van der Waals surface area contributed by atoms with Crippen molar-refractivity contribution in [2.75, 3.05) is 6.54 Å². The smallest absolute Gasteiger partial charge is 0.125 e. The number of hydrogen-bond donors (Lipinski definition) is 2. The van der Waals surface area contributed by atoms with E-state index in [9.17, 15) is 9.50 Å². The van der Waals surface area contributed by atoms with Crippen molar-refractivity contribution < 1.29 is 9.50 Å². The Balaban J connectivity index is 0.00000121. The number of imidazole rings is 1. The number of benzene rings is 1. The first-order chi connectivity index (χ1) is 9.74. The van der Waals surface area contributed by atoms with Crippen LogP contribution in [0.4, 0.5) is 4.39 Å². The SMILES string of the molecule is Cl.Cl.O[C@H]1CCCN[C@@H]1CCCn1cnc2ccc(F)cc21. The van der Waals surface area contributed by atoms with E-state index < -0.39 is 0 Å². The number of fused-ring (bicyclic) bond motifs is 1. The zero-order valence-electron chi connectivity index (χ0n) is 12.2. The van der Waals surface area contributed by atoms with Gasteiger partial charge < -0.3 is 15.0 Å². The van der Waals surface area contributed by atoms with Gasteiger partial charge in [0.25, 0.3) is 0 Å². The van der Waals surface area contributed by atoms with Crippen molar-refractivity contribution in [3.05, 3.63) is 30.3 Å². The fourth-order valence-corrected chi connectivity index (χ4v) is 2.92. The third-order valence-electron chi connectivity index (χ3n) is 4.04. The molecule has 1 aromatic carbocycles. The molecule has 1 aliphatic heterocycles. The molecule has 124 valence electrons. The molecule has 22 heavy (non-hydrogen) atoms. The summed E-state index contributed by atoms with van der Waals surface area (Å²) in [4.78, 5) is 4.27. The van der Waals surface area contributed by atoms with Gasteiger partial charge in [0.15, 0.2) is 0 Å². The minimum Gasteiger partial charge on any atom is -0.392 e. The number of aromatic nitrogens is 2. The molecule has 0 unspecified atom stereocenters. The highest BCUT2D eigenvalue weighted by Gasteiger charge is 2.21. The highest BCUT2D eigenvalue weighted by molar-refractivity contribution is 5.85. The van der Waals surface area contributed by atoms with Gasteiger partial charge in [-0.1, -0.05) is 0 Å². The average molecular weight is 350 g/mol. The van der Waals surface area contributed by atoms with Gasteiger partial charge in [-0.2, -0.15) is 0 Å². The number of nitrogens with zero attached hydrogens (tertiary/aromatic N) is 2. The van der Waals surface area contributed by atoms with Crippen molar-refractivity contribution in [3.63, 3.8) is 0 Å². The van der Waals surface area contributed by atoms with Crippen LogP contribution in [0.1, 0.15) is 25.7 Å². The second-order valence-electron chi connectivity index (χ2n) is 5.48. The van der Waals surface area contributed by atoms with Gasteiger partial charge in [-0.25, -0.2) is 9.37 Å². The van der Waals surface area contributed by atoms with Crippen molar-refractivity contribution >= 4 is 35.8 Å². The van der Waals surface area contributed by atoms with Gasteiger partial charge in [0.05, 0.1) is 23.5 Å². The van der Waals surface area contributed by atoms with Crippen LogP contribution in [0.25, 0.3) is 11.0 Å². The first-order valence-electron chi connectivity index (χ1n) is 7.26. The Kier molecular flexibility index (Phi) is 7.56. The summed E-state index contributed by atoms with van der Waals surface area (Å²) in [6.07, 6.45) is 5.32. The second kappa shape index (κ2) is 8.67. The van der Waals surface area contributed by atoms with Gasteiger partial charge in [0, 0.05) is 12.6 Å². The molecule has 1 aliphatic rings. The van der Waals surface area contributed by atoms with Crippen molar-refractivity contribution in [1.82, 2.24) is 14.9 Å². The number of aryl methyl sites for hydroxylation is 1.